The van der Waals surface area contributed by atoms with Gasteiger partial charge in [0.05, 0.1) is 7.11 Å². The molecule has 0 aromatic rings. The van der Waals surface area contributed by atoms with Crippen molar-refractivity contribution in [3.63, 3.8) is 0 Å². The van der Waals surface area contributed by atoms with E-state index in [9.17, 15) is 4.79 Å². The highest BCUT2D eigenvalue weighted by Gasteiger charge is 2.20. The van der Waals surface area contributed by atoms with Crippen molar-refractivity contribution >= 4 is 5.97 Å². The number of carbonyl (C=O) groups is 1. The minimum atomic E-state index is -0.436. The summed E-state index contributed by atoms with van der Waals surface area (Å²) in [6.45, 7) is 2.33. The largest absolute Gasteiger partial charge is 0.468 e. The highest BCUT2D eigenvalue weighted by Crippen LogP contribution is 2.21. The third kappa shape index (κ3) is 4.18. The van der Waals surface area contributed by atoms with Crippen molar-refractivity contribution in [2.24, 2.45) is 11.7 Å². The van der Waals surface area contributed by atoms with E-state index in [2.05, 4.69) is 16.7 Å². The predicted octanol–water partition coefficient (Wildman–Crippen LogP) is 0.609. The van der Waals surface area contributed by atoms with Crippen LogP contribution in [0.5, 0.6) is 0 Å². The lowest BCUT2D eigenvalue weighted by Crippen LogP contribution is -2.34. The summed E-state index contributed by atoms with van der Waals surface area (Å²) in [6.07, 6.45) is 4.25. The molecule has 0 aromatic heterocycles. The van der Waals surface area contributed by atoms with E-state index in [1.165, 1.54) is 20.0 Å². The van der Waals surface area contributed by atoms with E-state index in [1.807, 2.05) is 0 Å². The molecule has 4 nitrogen and oxygen atoms in total. The third-order valence-corrected chi connectivity index (χ3v) is 3.23. The monoisotopic (exact) mass is 214 g/mol. The van der Waals surface area contributed by atoms with E-state index in [0.717, 1.165) is 31.8 Å². The van der Waals surface area contributed by atoms with Gasteiger partial charge in [-0.3, -0.25) is 4.79 Å². The lowest BCUT2D eigenvalue weighted by atomic mass is 9.91. The number of carbonyl (C=O) groups excluding carboxylic acids is 1. The summed E-state index contributed by atoms with van der Waals surface area (Å²) < 4.78 is 4.60. The zero-order valence-corrected chi connectivity index (χ0v) is 9.74. The van der Waals surface area contributed by atoms with Crippen LogP contribution >= 0.6 is 0 Å². The Kier molecular flexibility index (Phi) is 5.05. The lowest BCUT2D eigenvalue weighted by molar-refractivity contribution is -0.142. The second-order valence-corrected chi connectivity index (χ2v) is 4.45. The van der Waals surface area contributed by atoms with Gasteiger partial charge in [-0.05, 0) is 51.7 Å². The number of likely N-dealkylation sites (tertiary alicyclic amines) is 1. The maximum absolute atomic E-state index is 11.1. The smallest absolute Gasteiger partial charge is 0.322 e. The molecule has 88 valence electrons. The highest BCUT2D eigenvalue weighted by molar-refractivity contribution is 5.75. The van der Waals surface area contributed by atoms with E-state index < -0.39 is 6.04 Å². The van der Waals surface area contributed by atoms with Crippen LogP contribution in [-0.2, 0) is 9.53 Å². The molecule has 1 unspecified atom stereocenters. The molecule has 1 rings (SSSR count). The molecule has 1 aliphatic rings. The quantitative estimate of drug-likeness (QED) is 0.697. The van der Waals surface area contributed by atoms with E-state index in [-0.39, 0.29) is 5.97 Å². The molecule has 0 bridgehead atoms. The Labute approximate surface area is 91.8 Å². The molecule has 1 aliphatic heterocycles. The fourth-order valence-electron chi connectivity index (χ4n) is 2.04. The first-order valence-electron chi connectivity index (χ1n) is 5.65. The van der Waals surface area contributed by atoms with Gasteiger partial charge in [-0.15, -0.1) is 0 Å². The average molecular weight is 214 g/mol. The van der Waals surface area contributed by atoms with Crippen LogP contribution in [0.1, 0.15) is 25.7 Å². The third-order valence-electron chi connectivity index (χ3n) is 3.23. The van der Waals surface area contributed by atoms with Crippen LogP contribution in [0.2, 0.25) is 0 Å². The topological polar surface area (TPSA) is 55.6 Å². The van der Waals surface area contributed by atoms with Gasteiger partial charge >= 0.3 is 5.97 Å². The zero-order chi connectivity index (χ0) is 11.3. The Hall–Kier alpha value is -0.610. The molecule has 0 aliphatic carbocycles. The van der Waals surface area contributed by atoms with Crippen molar-refractivity contribution in [2.45, 2.75) is 31.7 Å². The van der Waals surface area contributed by atoms with Crippen LogP contribution in [0.4, 0.5) is 0 Å². The zero-order valence-electron chi connectivity index (χ0n) is 9.74. The van der Waals surface area contributed by atoms with Crippen molar-refractivity contribution in [1.29, 1.82) is 0 Å². The first-order valence-corrected chi connectivity index (χ1v) is 5.65. The number of nitrogens with two attached hydrogens (primary N) is 1. The van der Waals surface area contributed by atoms with Crippen molar-refractivity contribution in [3.05, 3.63) is 0 Å². The summed E-state index contributed by atoms with van der Waals surface area (Å²) in [6, 6.07) is -0.436. The standard InChI is InChI=1S/C11H22N2O2/c1-13-7-5-9(6-8-13)3-4-10(12)11(14)15-2/h9-10H,3-8,12H2,1-2H3. The molecule has 0 radical (unpaired) electrons. The number of rotatable bonds is 4. The number of hydrogen-bond donors (Lipinski definition) is 1. The van der Waals surface area contributed by atoms with Gasteiger partial charge in [-0.25, -0.2) is 0 Å². The number of esters is 1. The summed E-state index contributed by atoms with van der Waals surface area (Å²) in [4.78, 5) is 13.4. The van der Waals surface area contributed by atoms with Gasteiger partial charge in [-0.2, -0.15) is 0 Å². The molecule has 1 atom stereocenters. The highest BCUT2D eigenvalue weighted by atomic mass is 16.5. The Balaban J connectivity index is 2.17. The van der Waals surface area contributed by atoms with Crippen LogP contribution in [-0.4, -0.2) is 44.2 Å². The van der Waals surface area contributed by atoms with E-state index in [4.69, 9.17) is 5.73 Å². The lowest BCUT2D eigenvalue weighted by Gasteiger charge is -2.29. The van der Waals surface area contributed by atoms with Crippen molar-refractivity contribution in [2.75, 3.05) is 27.2 Å². The molecule has 0 saturated carbocycles. The molecule has 1 saturated heterocycles. The first-order chi connectivity index (χ1) is 7.13. The molecular formula is C11H22N2O2. The van der Waals surface area contributed by atoms with Gasteiger partial charge < -0.3 is 15.4 Å². The van der Waals surface area contributed by atoms with Crippen molar-refractivity contribution in [3.8, 4) is 0 Å². The Morgan fingerprint density at radius 2 is 2.13 bits per heavy atom. The van der Waals surface area contributed by atoms with E-state index in [0.29, 0.717) is 0 Å². The average Bonchev–Trinajstić information content (AvgIpc) is 2.26. The summed E-state index contributed by atoms with van der Waals surface area (Å²) in [5.41, 5.74) is 5.69. The van der Waals surface area contributed by atoms with Crippen LogP contribution in [0.15, 0.2) is 0 Å². The van der Waals surface area contributed by atoms with Crippen LogP contribution in [0.3, 0.4) is 0 Å². The summed E-state index contributed by atoms with van der Waals surface area (Å²) in [7, 11) is 3.54. The molecule has 4 heteroatoms. The molecule has 1 heterocycles. The van der Waals surface area contributed by atoms with Crippen molar-refractivity contribution < 1.29 is 9.53 Å². The number of ether oxygens (including phenoxy) is 1. The van der Waals surface area contributed by atoms with Gasteiger partial charge in [0, 0.05) is 0 Å². The van der Waals surface area contributed by atoms with Gasteiger partial charge in [0.25, 0.3) is 0 Å². The van der Waals surface area contributed by atoms with E-state index >= 15 is 0 Å². The second kappa shape index (κ2) is 6.08. The number of hydrogen-bond acceptors (Lipinski definition) is 4. The van der Waals surface area contributed by atoms with Gasteiger partial charge in [-0.1, -0.05) is 0 Å². The summed E-state index contributed by atoms with van der Waals surface area (Å²) >= 11 is 0. The first kappa shape index (κ1) is 12.5. The Morgan fingerprint density at radius 1 is 1.53 bits per heavy atom. The maximum atomic E-state index is 11.1. The summed E-state index contributed by atoms with van der Waals surface area (Å²) in [5, 5.41) is 0. The molecule has 0 aromatic carbocycles. The van der Waals surface area contributed by atoms with Gasteiger partial charge in [0.2, 0.25) is 0 Å². The minimum absolute atomic E-state index is 0.289. The van der Waals surface area contributed by atoms with Crippen molar-refractivity contribution in [1.82, 2.24) is 4.90 Å². The number of nitrogens with zero attached hydrogens (tertiary/aromatic N) is 1. The van der Waals surface area contributed by atoms with Crippen LogP contribution < -0.4 is 5.73 Å². The second-order valence-electron chi connectivity index (χ2n) is 4.45. The molecule has 15 heavy (non-hydrogen) atoms. The number of methoxy groups -OCH3 is 1. The minimum Gasteiger partial charge on any atom is -0.468 e. The molecule has 0 spiro atoms. The Morgan fingerprint density at radius 3 is 2.67 bits per heavy atom. The fourth-order valence-corrected chi connectivity index (χ4v) is 2.04. The normalized spacial score (nSPS) is 21.3. The fraction of sp³-hybridized carbons (Fsp3) is 0.909. The Bertz CT molecular complexity index is 201. The molecular weight excluding hydrogens is 192 g/mol. The van der Waals surface area contributed by atoms with E-state index in [1.54, 1.807) is 0 Å². The van der Waals surface area contributed by atoms with Gasteiger partial charge in [0.1, 0.15) is 6.04 Å². The molecule has 0 amide bonds. The van der Waals surface area contributed by atoms with Crippen LogP contribution in [0.25, 0.3) is 0 Å². The maximum Gasteiger partial charge on any atom is 0.322 e. The van der Waals surface area contributed by atoms with Gasteiger partial charge in [0.15, 0.2) is 0 Å². The molecule has 2 N–H and O–H groups in total. The van der Waals surface area contributed by atoms with Crippen LogP contribution in [0, 0.1) is 5.92 Å². The number of piperidine rings is 1. The SMILES string of the molecule is COC(=O)C(N)CCC1CCN(C)CC1. The molecule has 1 fully saturated rings. The summed E-state index contributed by atoms with van der Waals surface area (Å²) in [5.74, 6) is 0.444. The predicted molar refractivity (Wildman–Crippen MR) is 59.4 cm³/mol.